The first-order valence-corrected chi connectivity index (χ1v) is 8.42. The second kappa shape index (κ2) is 8.49. The summed E-state index contributed by atoms with van der Waals surface area (Å²) in [6.45, 7) is 7.00. The fourth-order valence-electron chi connectivity index (χ4n) is 2.57. The zero-order chi connectivity index (χ0) is 16.6. The molecule has 0 unspecified atom stereocenters. The molecule has 0 radical (unpaired) electrons. The molecule has 6 heteroatoms. The fraction of sp³-hybridized carbons (Fsp3) is 0.444. The van der Waals surface area contributed by atoms with Gasteiger partial charge in [0.15, 0.2) is 5.82 Å². The molecule has 1 aliphatic heterocycles. The second-order valence-corrected chi connectivity index (χ2v) is 5.79. The van der Waals surface area contributed by atoms with Crippen LogP contribution in [-0.4, -0.2) is 49.4 Å². The van der Waals surface area contributed by atoms with Crippen LogP contribution < -0.4 is 19.7 Å². The lowest BCUT2D eigenvalue weighted by atomic mass is 10.2. The molecule has 1 aliphatic rings. The summed E-state index contributed by atoms with van der Waals surface area (Å²) >= 11 is 0. The first-order valence-electron chi connectivity index (χ1n) is 8.42. The van der Waals surface area contributed by atoms with E-state index in [9.17, 15) is 0 Å². The summed E-state index contributed by atoms with van der Waals surface area (Å²) in [6.07, 6.45) is 4.18. The van der Waals surface area contributed by atoms with Crippen molar-refractivity contribution in [1.82, 2.24) is 15.3 Å². The Balaban J connectivity index is 1.45. The second-order valence-electron chi connectivity index (χ2n) is 5.79. The topological polar surface area (TPSA) is 59.5 Å². The molecular formula is C18H24N4O2. The van der Waals surface area contributed by atoms with Crippen LogP contribution in [0.2, 0.25) is 0 Å². The van der Waals surface area contributed by atoms with Crippen LogP contribution in [0.1, 0.15) is 12.0 Å². The summed E-state index contributed by atoms with van der Waals surface area (Å²) in [6, 6.07) is 8.07. The predicted octanol–water partition coefficient (Wildman–Crippen LogP) is 2.04. The Morgan fingerprint density at radius 2 is 1.71 bits per heavy atom. The van der Waals surface area contributed by atoms with Crippen LogP contribution in [0.4, 0.5) is 5.82 Å². The summed E-state index contributed by atoms with van der Waals surface area (Å²) in [7, 11) is 0. The monoisotopic (exact) mass is 328 g/mol. The Bertz CT molecular complexity index is 627. The zero-order valence-corrected chi connectivity index (χ0v) is 14.1. The van der Waals surface area contributed by atoms with Crippen LogP contribution in [0.3, 0.4) is 0 Å². The molecule has 1 saturated heterocycles. The Morgan fingerprint density at radius 1 is 1.00 bits per heavy atom. The van der Waals surface area contributed by atoms with Crippen molar-refractivity contribution >= 4 is 5.82 Å². The van der Waals surface area contributed by atoms with Crippen LogP contribution in [-0.2, 0) is 0 Å². The summed E-state index contributed by atoms with van der Waals surface area (Å²) in [5.74, 6) is 2.33. The number of piperazine rings is 1. The van der Waals surface area contributed by atoms with Crippen molar-refractivity contribution in [1.29, 1.82) is 0 Å². The maximum Gasteiger partial charge on any atom is 0.257 e. The Morgan fingerprint density at radius 3 is 2.50 bits per heavy atom. The van der Waals surface area contributed by atoms with Crippen molar-refractivity contribution in [2.24, 2.45) is 0 Å². The lowest BCUT2D eigenvalue weighted by molar-refractivity contribution is 0.242. The van der Waals surface area contributed by atoms with Crippen LogP contribution in [0, 0.1) is 6.92 Å². The molecule has 0 spiro atoms. The molecule has 1 aromatic carbocycles. The number of aryl methyl sites for hydroxylation is 1. The van der Waals surface area contributed by atoms with E-state index in [1.807, 2.05) is 24.3 Å². The van der Waals surface area contributed by atoms with E-state index in [2.05, 4.69) is 27.1 Å². The standard InChI is InChI=1S/C18H24N4O2/c1-15-3-5-16(6-4-15)23-13-2-14-24-18-17(20-7-8-21-18)22-11-9-19-10-12-22/h3-8,19H,2,9-14H2,1H3. The number of nitrogens with zero attached hydrogens (tertiary/aromatic N) is 3. The van der Waals surface area contributed by atoms with Crippen molar-refractivity contribution in [2.45, 2.75) is 13.3 Å². The maximum absolute atomic E-state index is 5.83. The summed E-state index contributed by atoms with van der Waals surface area (Å²) in [5.41, 5.74) is 1.23. The van der Waals surface area contributed by atoms with Crippen LogP contribution in [0.25, 0.3) is 0 Å². The van der Waals surface area contributed by atoms with Gasteiger partial charge in [0.25, 0.3) is 5.88 Å². The van der Waals surface area contributed by atoms with E-state index in [4.69, 9.17) is 9.47 Å². The van der Waals surface area contributed by atoms with Crippen LogP contribution in [0.5, 0.6) is 11.6 Å². The normalized spacial score (nSPS) is 14.5. The third kappa shape index (κ3) is 4.58. The number of hydrogen-bond acceptors (Lipinski definition) is 6. The van der Waals surface area contributed by atoms with E-state index in [1.165, 1.54) is 5.56 Å². The highest BCUT2D eigenvalue weighted by Crippen LogP contribution is 2.22. The quantitative estimate of drug-likeness (QED) is 0.785. The molecule has 1 aromatic heterocycles. The third-order valence-electron chi connectivity index (χ3n) is 3.88. The van der Waals surface area contributed by atoms with Crippen LogP contribution in [0.15, 0.2) is 36.7 Å². The summed E-state index contributed by atoms with van der Waals surface area (Å²) in [5, 5.41) is 3.34. The van der Waals surface area contributed by atoms with Gasteiger partial charge in [0.2, 0.25) is 0 Å². The number of anilines is 1. The number of ether oxygens (including phenoxy) is 2. The van der Waals surface area contributed by atoms with E-state index >= 15 is 0 Å². The zero-order valence-electron chi connectivity index (χ0n) is 14.1. The molecule has 0 aliphatic carbocycles. The van der Waals surface area contributed by atoms with Gasteiger partial charge >= 0.3 is 0 Å². The van der Waals surface area contributed by atoms with E-state index in [-0.39, 0.29) is 0 Å². The van der Waals surface area contributed by atoms with Crippen LogP contribution >= 0.6 is 0 Å². The molecule has 0 saturated carbocycles. The molecule has 0 atom stereocenters. The van der Waals surface area contributed by atoms with Crippen molar-refractivity contribution in [3.8, 4) is 11.6 Å². The van der Waals surface area contributed by atoms with E-state index in [0.29, 0.717) is 19.1 Å². The number of nitrogens with one attached hydrogen (secondary N) is 1. The smallest absolute Gasteiger partial charge is 0.257 e. The molecular weight excluding hydrogens is 304 g/mol. The molecule has 2 heterocycles. The number of aromatic nitrogens is 2. The maximum atomic E-state index is 5.83. The average Bonchev–Trinajstić information content (AvgIpc) is 2.64. The molecule has 128 valence electrons. The molecule has 24 heavy (non-hydrogen) atoms. The van der Waals surface area contributed by atoms with Gasteiger partial charge in [0.1, 0.15) is 5.75 Å². The summed E-state index contributed by atoms with van der Waals surface area (Å²) < 4.78 is 11.5. The minimum atomic E-state index is 0.559. The highest BCUT2D eigenvalue weighted by atomic mass is 16.5. The van der Waals surface area contributed by atoms with Gasteiger partial charge in [-0.25, -0.2) is 9.97 Å². The van der Waals surface area contributed by atoms with E-state index < -0.39 is 0 Å². The van der Waals surface area contributed by atoms with Crippen molar-refractivity contribution in [3.05, 3.63) is 42.2 Å². The number of benzene rings is 1. The van der Waals surface area contributed by atoms with Gasteiger partial charge in [0.05, 0.1) is 13.2 Å². The van der Waals surface area contributed by atoms with Gasteiger partial charge in [-0.1, -0.05) is 17.7 Å². The Hall–Kier alpha value is -2.34. The Kier molecular flexibility index (Phi) is 5.85. The van der Waals surface area contributed by atoms with Gasteiger partial charge in [-0.3, -0.25) is 0 Å². The highest BCUT2D eigenvalue weighted by molar-refractivity contribution is 5.48. The van der Waals surface area contributed by atoms with Crippen molar-refractivity contribution in [3.63, 3.8) is 0 Å². The number of rotatable bonds is 7. The first-order chi connectivity index (χ1) is 11.8. The first kappa shape index (κ1) is 16.5. The summed E-state index contributed by atoms with van der Waals surface area (Å²) in [4.78, 5) is 11.0. The highest BCUT2D eigenvalue weighted by Gasteiger charge is 2.17. The molecule has 2 aromatic rings. The molecule has 6 nitrogen and oxygen atoms in total. The molecule has 0 bridgehead atoms. The largest absolute Gasteiger partial charge is 0.493 e. The SMILES string of the molecule is Cc1ccc(OCCCOc2nccnc2N2CCNCC2)cc1. The Labute approximate surface area is 142 Å². The van der Waals surface area contributed by atoms with Gasteiger partial charge in [-0.2, -0.15) is 0 Å². The molecule has 1 N–H and O–H groups in total. The van der Waals surface area contributed by atoms with Crippen molar-refractivity contribution in [2.75, 3.05) is 44.3 Å². The third-order valence-corrected chi connectivity index (χ3v) is 3.88. The van der Waals surface area contributed by atoms with Gasteiger partial charge in [-0.05, 0) is 19.1 Å². The fourth-order valence-corrected chi connectivity index (χ4v) is 2.57. The lowest BCUT2D eigenvalue weighted by Gasteiger charge is -2.28. The van der Waals surface area contributed by atoms with Gasteiger partial charge in [0, 0.05) is 45.0 Å². The minimum Gasteiger partial charge on any atom is -0.493 e. The van der Waals surface area contributed by atoms with Gasteiger partial charge in [-0.15, -0.1) is 0 Å². The molecule has 1 fully saturated rings. The lowest BCUT2D eigenvalue weighted by Crippen LogP contribution is -2.44. The molecule has 3 rings (SSSR count). The minimum absolute atomic E-state index is 0.559. The van der Waals surface area contributed by atoms with E-state index in [1.54, 1.807) is 12.4 Å². The predicted molar refractivity (Wildman–Crippen MR) is 93.9 cm³/mol. The van der Waals surface area contributed by atoms with Gasteiger partial charge < -0.3 is 19.7 Å². The van der Waals surface area contributed by atoms with Crippen molar-refractivity contribution < 1.29 is 9.47 Å². The van der Waals surface area contributed by atoms with E-state index in [0.717, 1.165) is 44.2 Å². The average molecular weight is 328 g/mol. The molecule has 0 amide bonds. The number of hydrogen-bond donors (Lipinski definition) is 1.